The maximum Gasteiger partial charge on any atom is 0.158 e. The Kier molecular flexibility index (Phi) is 4.28. The molecule has 0 spiro atoms. The van der Waals surface area contributed by atoms with Gasteiger partial charge in [-0.3, -0.25) is 4.98 Å². The molecule has 0 saturated heterocycles. The molecule has 0 aliphatic heterocycles. The Morgan fingerprint density at radius 1 is 1.09 bits per heavy atom. The number of rotatable bonds is 4. The highest BCUT2D eigenvalue weighted by Crippen LogP contribution is 2.24. The van der Waals surface area contributed by atoms with Crippen LogP contribution >= 0.6 is 0 Å². The number of nitrogens with zero attached hydrogens (tertiary/aromatic N) is 3. The molecule has 5 heteroatoms. The molecule has 0 aliphatic carbocycles. The van der Waals surface area contributed by atoms with Gasteiger partial charge in [-0.2, -0.15) is 5.12 Å². The predicted octanol–water partition coefficient (Wildman–Crippen LogP) is 4.48. The number of benzene rings is 1. The number of hydrogen-bond donors (Lipinski definition) is 0. The van der Waals surface area contributed by atoms with Gasteiger partial charge in [0, 0.05) is 18.0 Å². The van der Waals surface area contributed by atoms with Gasteiger partial charge in [0.2, 0.25) is 0 Å². The average Bonchev–Trinajstić information content (AvgIpc) is 2.55. The largest absolute Gasteiger partial charge is 0.264 e. The van der Waals surface area contributed by atoms with Crippen molar-refractivity contribution >= 4 is 5.82 Å². The molecule has 3 nitrogen and oxygen atoms in total. The predicted molar refractivity (Wildman–Crippen MR) is 85.9 cm³/mol. The van der Waals surface area contributed by atoms with Gasteiger partial charge >= 0.3 is 0 Å². The van der Waals surface area contributed by atoms with E-state index in [-0.39, 0.29) is 18.2 Å². The smallest absolute Gasteiger partial charge is 0.158 e. The second-order valence-electron chi connectivity index (χ2n) is 5.22. The second kappa shape index (κ2) is 6.52. The lowest BCUT2D eigenvalue weighted by atomic mass is 10.1. The van der Waals surface area contributed by atoms with E-state index in [0.29, 0.717) is 16.4 Å². The van der Waals surface area contributed by atoms with Gasteiger partial charge in [0.05, 0.1) is 12.2 Å². The van der Waals surface area contributed by atoms with Gasteiger partial charge in [0.15, 0.2) is 5.82 Å². The van der Waals surface area contributed by atoms with Gasteiger partial charge in [0.1, 0.15) is 5.82 Å². The van der Waals surface area contributed by atoms with Gasteiger partial charge in [0.25, 0.3) is 0 Å². The van der Waals surface area contributed by atoms with Crippen LogP contribution in [0.25, 0.3) is 11.3 Å². The molecule has 1 aromatic carbocycles. The van der Waals surface area contributed by atoms with Crippen molar-refractivity contribution in [2.24, 2.45) is 0 Å². The molecular formula is C18H15F2N3. The Morgan fingerprint density at radius 3 is 2.70 bits per heavy atom. The first-order valence-corrected chi connectivity index (χ1v) is 7.19. The number of pyridine rings is 2. The molecule has 0 fully saturated rings. The van der Waals surface area contributed by atoms with Crippen molar-refractivity contribution in [3.05, 3.63) is 77.9 Å². The first-order valence-electron chi connectivity index (χ1n) is 7.19. The molecule has 0 N–H and O–H groups in total. The summed E-state index contributed by atoms with van der Waals surface area (Å²) < 4.78 is 27.6. The third-order valence-electron chi connectivity index (χ3n) is 3.49. The number of halogens is 2. The Balaban J connectivity index is 1.86. The number of aryl methyl sites for hydroxylation is 1. The lowest BCUT2D eigenvalue weighted by Crippen LogP contribution is -2.13. The molecule has 116 valence electrons. The van der Waals surface area contributed by atoms with Crippen LogP contribution in [0.5, 0.6) is 0 Å². The van der Waals surface area contributed by atoms with E-state index in [2.05, 4.69) is 9.97 Å². The average molecular weight is 311 g/mol. The summed E-state index contributed by atoms with van der Waals surface area (Å²) >= 11 is 0. The van der Waals surface area contributed by atoms with Crippen molar-refractivity contribution < 1.29 is 8.87 Å². The molecule has 3 rings (SSSR count). The maximum atomic E-state index is 14.4. The zero-order chi connectivity index (χ0) is 16.2. The monoisotopic (exact) mass is 311 g/mol. The van der Waals surface area contributed by atoms with E-state index in [1.807, 2.05) is 19.1 Å². The van der Waals surface area contributed by atoms with Crippen molar-refractivity contribution in [3.8, 4) is 11.3 Å². The maximum absolute atomic E-state index is 14.4. The van der Waals surface area contributed by atoms with Crippen molar-refractivity contribution in [2.45, 2.75) is 13.5 Å². The molecule has 2 heterocycles. The lowest BCUT2D eigenvalue weighted by molar-refractivity contribution is 0.424. The summed E-state index contributed by atoms with van der Waals surface area (Å²) in [6.45, 7) is 1.86. The zero-order valence-corrected chi connectivity index (χ0v) is 12.6. The van der Waals surface area contributed by atoms with E-state index >= 15 is 0 Å². The van der Waals surface area contributed by atoms with Gasteiger partial charge < -0.3 is 0 Å². The van der Waals surface area contributed by atoms with Gasteiger partial charge in [-0.15, -0.1) is 0 Å². The van der Waals surface area contributed by atoms with Crippen molar-refractivity contribution in [2.75, 3.05) is 5.12 Å². The van der Waals surface area contributed by atoms with E-state index in [4.69, 9.17) is 0 Å². The van der Waals surface area contributed by atoms with E-state index in [1.165, 1.54) is 12.1 Å². The van der Waals surface area contributed by atoms with Crippen LogP contribution in [0.2, 0.25) is 0 Å². The first-order chi connectivity index (χ1) is 11.1. The normalized spacial score (nSPS) is 10.6. The summed E-state index contributed by atoms with van der Waals surface area (Å²) in [5.41, 5.74) is 3.08. The minimum absolute atomic E-state index is 0.0659. The third-order valence-corrected chi connectivity index (χ3v) is 3.49. The van der Waals surface area contributed by atoms with Crippen molar-refractivity contribution in [3.63, 3.8) is 0 Å². The number of aromatic nitrogens is 2. The summed E-state index contributed by atoms with van der Waals surface area (Å²) in [6.07, 6.45) is 3.42. The first kappa shape index (κ1) is 15.1. The molecule has 0 atom stereocenters. The lowest BCUT2D eigenvalue weighted by Gasteiger charge is -2.14. The van der Waals surface area contributed by atoms with E-state index in [0.717, 1.165) is 11.1 Å². The van der Waals surface area contributed by atoms with Crippen molar-refractivity contribution in [1.82, 2.24) is 9.97 Å². The summed E-state index contributed by atoms with van der Waals surface area (Å²) in [5.74, 6) is -0.201. The molecule has 0 bridgehead atoms. The van der Waals surface area contributed by atoms with Gasteiger partial charge in [-0.05, 0) is 48.4 Å². The zero-order valence-electron chi connectivity index (χ0n) is 12.6. The third kappa shape index (κ3) is 3.51. The Labute approximate surface area is 133 Å². The Bertz CT molecular complexity index is 821. The van der Waals surface area contributed by atoms with Crippen LogP contribution < -0.4 is 5.12 Å². The molecular weight excluding hydrogens is 296 g/mol. The fourth-order valence-electron chi connectivity index (χ4n) is 2.35. The van der Waals surface area contributed by atoms with E-state index in [1.54, 1.807) is 36.7 Å². The van der Waals surface area contributed by atoms with Crippen LogP contribution in [-0.2, 0) is 6.54 Å². The topological polar surface area (TPSA) is 29.0 Å². The summed E-state index contributed by atoms with van der Waals surface area (Å²) in [7, 11) is 0. The fourth-order valence-corrected chi connectivity index (χ4v) is 2.35. The van der Waals surface area contributed by atoms with Crippen LogP contribution in [0.4, 0.5) is 14.7 Å². The number of anilines is 1. The molecule has 0 amide bonds. The minimum Gasteiger partial charge on any atom is -0.264 e. The van der Waals surface area contributed by atoms with Crippen LogP contribution in [0, 0.1) is 12.7 Å². The quantitative estimate of drug-likeness (QED) is 0.665. The molecule has 0 saturated carbocycles. The van der Waals surface area contributed by atoms with Crippen LogP contribution in [0.3, 0.4) is 0 Å². The second-order valence-corrected chi connectivity index (χ2v) is 5.22. The molecule has 0 radical (unpaired) electrons. The molecule has 0 unspecified atom stereocenters. The van der Waals surface area contributed by atoms with E-state index < -0.39 is 0 Å². The molecule has 0 aliphatic rings. The van der Waals surface area contributed by atoms with Crippen LogP contribution in [0.15, 0.2) is 60.9 Å². The van der Waals surface area contributed by atoms with Crippen LogP contribution in [-0.4, -0.2) is 9.97 Å². The van der Waals surface area contributed by atoms with Crippen molar-refractivity contribution in [1.29, 1.82) is 0 Å². The molecule has 23 heavy (non-hydrogen) atoms. The highest BCUT2D eigenvalue weighted by molar-refractivity contribution is 5.64. The van der Waals surface area contributed by atoms with Gasteiger partial charge in [-0.25, -0.2) is 9.37 Å². The highest BCUT2D eigenvalue weighted by Gasteiger charge is 2.11. The Hall–Kier alpha value is -2.82. The summed E-state index contributed by atoms with van der Waals surface area (Å²) in [5, 5.41) is 0.509. The number of hydrogen-bond acceptors (Lipinski definition) is 3. The fraction of sp³-hybridized carbons (Fsp3) is 0.111. The summed E-state index contributed by atoms with van der Waals surface area (Å²) in [6, 6.07) is 12.9. The molecule has 3 aromatic rings. The van der Waals surface area contributed by atoms with Gasteiger partial charge in [-0.1, -0.05) is 22.7 Å². The minimum atomic E-state index is -0.384. The van der Waals surface area contributed by atoms with E-state index in [9.17, 15) is 8.87 Å². The molecule has 2 aromatic heterocycles. The highest BCUT2D eigenvalue weighted by atomic mass is 19.2. The van der Waals surface area contributed by atoms with Crippen LogP contribution in [0.1, 0.15) is 11.1 Å². The standard InChI is InChI=1S/C18H15F2N3/c1-13-11-21-9-8-16(13)17-6-3-7-18(22-17)23(20)12-14-4-2-5-15(19)10-14/h2-11H,12H2,1H3. The summed E-state index contributed by atoms with van der Waals surface area (Å²) in [4.78, 5) is 8.40. The SMILES string of the molecule is Cc1cnccc1-c1cccc(N(F)Cc2cccc(F)c2)n1. The Morgan fingerprint density at radius 2 is 1.91 bits per heavy atom.